The molecule has 1 aromatic heterocycles. The molecule has 0 saturated carbocycles. The van der Waals surface area contributed by atoms with Crippen LogP contribution in [0.25, 0.3) is 5.69 Å². The third kappa shape index (κ3) is 1.81. The molecule has 0 aliphatic carbocycles. The second-order valence-corrected chi connectivity index (χ2v) is 3.58. The van der Waals surface area contributed by atoms with E-state index in [9.17, 15) is 0 Å². The summed E-state index contributed by atoms with van der Waals surface area (Å²) in [6.07, 6.45) is 3.59. The first-order valence-corrected chi connectivity index (χ1v) is 4.90. The largest absolute Gasteiger partial charge is 0.392 e. The van der Waals surface area contributed by atoms with E-state index < -0.39 is 0 Å². The minimum absolute atomic E-state index is 0.0624. The highest BCUT2D eigenvalue weighted by molar-refractivity contribution is 5.50. The Kier molecular flexibility index (Phi) is 2.71. The fourth-order valence-electron chi connectivity index (χ4n) is 1.52. The van der Waals surface area contributed by atoms with Crippen LogP contribution < -0.4 is 0 Å². The van der Waals surface area contributed by atoms with Gasteiger partial charge in [-0.25, -0.2) is 4.68 Å². The van der Waals surface area contributed by atoms with Gasteiger partial charge in [-0.05, 0) is 30.2 Å². The second-order valence-electron chi connectivity index (χ2n) is 3.58. The first-order chi connectivity index (χ1) is 7.74. The summed E-state index contributed by atoms with van der Waals surface area (Å²) in [5, 5.41) is 22.2. The van der Waals surface area contributed by atoms with Gasteiger partial charge in [0.05, 0.1) is 24.1 Å². The quantitative estimate of drug-likeness (QED) is 0.823. The lowest BCUT2D eigenvalue weighted by molar-refractivity contribution is 0.282. The molecule has 0 fully saturated rings. The van der Waals surface area contributed by atoms with Crippen molar-refractivity contribution in [2.45, 2.75) is 13.5 Å². The van der Waals surface area contributed by atoms with Crippen molar-refractivity contribution in [3.8, 4) is 11.8 Å². The van der Waals surface area contributed by atoms with Crippen LogP contribution in [0.3, 0.4) is 0 Å². The predicted molar refractivity (Wildman–Crippen MR) is 58.9 cm³/mol. The molecule has 4 heteroatoms. The molecular weight excluding hydrogens is 202 g/mol. The van der Waals surface area contributed by atoms with Crippen molar-refractivity contribution in [2.75, 3.05) is 0 Å². The number of nitriles is 1. The fourth-order valence-corrected chi connectivity index (χ4v) is 1.52. The highest BCUT2D eigenvalue weighted by Gasteiger charge is 2.06. The topological polar surface area (TPSA) is 61.8 Å². The molecule has 0 unspecified atom stereocenters. The molecule has 4 nitrogen and oxygen atoms in total. The van der Waals surface area contributed by atoms with Crippen LogP contribution >= 0.6 is 0 Å². The number of aliphatic hydroxyl groups is 1. The normalized spacial score (nSPS) is 10.1. The fraction of sp³-hybridized carbons (Fsp3) is 0.167. The van der Waals surface area contributed by atoms with Gasteiger partial charge in [0.15, 0.2) is 0 Å². The van der Waals surface area contributed by atoms with E-state index in [0.717, 1.165) is 16.8 Å². The smallest absolute Gasteiger partial charge is 0.101 e. The minimum atomic E-state index is -0.0624. The van der Waals surface area contributed by atoms with Gasteiger partial charge in [0.25, 0.3) is 0 Å². The van der Waals surface area contributed by atoms with Gasteiger partial charge in [0.2, 0.25) is 0 Å². The molecule has 2 rings (SSSR count). The number of aromatic nitrogens is 2. The molecule has 1 aromatic carbocycles. The molecule has 0 aliphatic heterocycles. The standard InChI is InChI=1S/C12H11N3O/c1-9-6-14-15(7-9)12-3-2-10(8-16)4-11(12)5-13/h2-4,6-7,16H,8H2,1H3. The molecule has 1 heterocycles. The first-order valence-electron chi connectivity index (χ1n) is 4.90. The molecule has 2 aromatic rings. The number of aryl methyl sites for hydroxylation is 1. The van der Waals surface area contributed by atoms with E-state index in [1.54, 1.807) is 29.1 Å². The van der Waals surface area contributed by atoms with E-state index >= 15 is 0 Å². The summed E-state index contributed by atoms with van der Waals surface area (Å²) in [6.45, 7) is 1.88. The Hall–Kier alpha value is -2.12. The summed E-state index contributed by atoms with van der Waals surface area (Å²) < 4.78 is 1.66. The number of benzene rings is 1. The van der Waals surface area contributed by atoms with Crippen LogP contribution in [-0.2, 0) is 6.61 Å². The Balaban J connectivity index is 2.53. The van der Waals surface area contributed by atoms with Crippen molar-refractivity contribution < 1.29 is 5.11 Å². The van der Waals surface area contributed by atoms with E-state index in [1.807, 2.05) is 13.1 Å². The zero-order valence-electron chi connectivity index (χ0n) is 8.88. The van der Waals surface area contributed by atoms with Crippen LogP contribution in [0.2, 0.25) is 0 Å². The van der Waals surface area contributed by atoms with Crippen molar-refractivity contribution in [2.24, 2.45) is 0 Å². The molecule has 1 N–H and O–H groups in total. The van der Waals surface area contributed by atoms with Crippen LogP contribution in [-0.4, -0.2) is 14.9 Å². The maximum Gasteiger partial charge on any atom is 0.101 e. The Labute approximate surface area is 93.4 Å². The molecule has 0 radical (unpaired) electrons. The summed E-state index contributed by atoms with van der Waals surface area (Å²) >= 11 is 0. The van der Waals surface area contributed by atoms with Crippen LogP contribution in [0.4, 0.5) is 0 Å². The van der Waals surface area contributed by atoms with Crippen molar-refractivity contribution in [3.05, 3.63) is 47.3 Å². The molecule has 16 heavy (non-hydrogen) atoms. The van der Waals surface area contributed by atoms with Crippen molar-refractivity contribution in [1.82, 2.24) is 9.78 Å². The van der Waals surface area contributed by atoms with Gasteiger partial charge >= 0.3 is 0 Å². The average molecular weight is 213 g/mol. The van der Waals surface area contributed by atoms with E-state index in [-0.39, 0.29) is 6.61 Å². The van der Waals surface area contributed by atoms with Crippen LogP contribution in [0.1, 0.15) is 16.7 Å². The molecular formula is C12H11N3O. The molecule has 80 valence electrons. The summed E-state index contributed by atoms with van der Waals surface area (Å²) in [5.74, 6) is 0. The molecule has 0 bridgehead atoms. The monoisotopic (exact) mass is 213 g/mol. The lowest BCUT2D eigenvalue weighted by Crippen LogP contribution is -1.99. The third-order valence-electron chi connectivity index (χ3n) is 2.32. The van der Waals surface area contributed by atoms with Gasteiger partial charge in [-0.2, -0.15) is 10.4 Å². The number of hydrogen-bond acceptors (Lipinski definition) is 3. The van der Waals surface area contributed by atoms with Crippen molar-refractivity contribution >= 4 is 0 Å². The molecule has 0 amide bonds. The summed E-state index contributed by atoms with van der Waals surface area (Å²) in [4.78, 5) is 0. The zero-order valence-corrected chi connectivity index (χ0v) is 8.88. The minimum Gasteiger partial charge on any atom is -0.392 e. The number of aliphatic hydroxyl groups excluding tert-OH is 1. The molecule has 0 spiro atoms. The summed E-state index contributed by atoms with van der Waals surface area (Å²) in [6, 6.07) is 7.35. The van der Waals surface area contributed by atoms with Gasteiger partial charge in [0, 0.05) is 6.20 Å². The molecule has 0 saturated heterocycles. The van der Waals surface area contributed by atoms with Gasteiger partial charge in [-0.3, -0.25) is 0 Å². The lowest BCUT2D eigenvalue weighted by atomic mass is 10.1. The SMILES string of the molecule is Cc1cnn(-c2ccc(CO)cc2C#N)c1. The maximum atomic E-state index is 9.03. The second kappa shape index (κ2) is 4.17. The van der Waals surface area contributed by atoms with E-state index in [2.05, 4.69) is 11.2 Å². The van der Waals surface area contributed by atoms with Gasteiger partial charge < -0.3 is 5.11 Å². The van der Waals surface area contributed by atoms with E-state index in [4.69, 9.17) is 10.4 Å². The third-order valence-corrected chi connectivity index (χ3v) is 2.32. The van der Waals surface area contributed by atoms with E-state index in [0.29, 0.717) is 5.56 Å². The number of hydrogen-bond donors (Lipinski definition) is 1. The maximum absolute atomic E-state index is 9.03. The van der Waals surface area contributed by atoms with Gasteiger partial charge in [-0.15, -0.1) is 0 Å². The Morgan fingerprint density at radius 1 is 1.50 bits per heavy atom. The number of rotatable bonds is 2. The summed E-state index contributed by atoms with van der Waals surface area (Å²) in [5.41, 5.74) is 3.00. The van der Waals surface area contributed by atoms with Crippen molar-refractivity contribution in [3.63, 3.8) is 0 Å². The Morgan fingerprint density at radius 3 is 2.88 bits per heavy atom. The predicted octanol–water partition coefficient (Wildman–Crippen LogP) is 1.54. The van der Waals surface area contributed by atoms with Crippen LogP contribution in [0, 0.1) is 18.3 Å². The van der Waals surface area contributed by atoms with Crippen molar-refractivity contribution in [1.29, 1.82) is 5.26 Å². The highest BCUT2D eigenvalue weighted by atomic mass is 16.3. The Bertz CT molecular complexity index is 552. The molecule has 0 atom stereocenters. The van der Waals surface area contributed by atoms with Crippen LogP contribution in [0.5, 0.6) is 0 Å². The van der Waals surface area contributed by atoms with Gasteiger partial charge in [0.1, 0.15) is 6.07 Å². The lowest BCUT2D eigenvalue weighted by Gasteiger charge is -2.05. The van der Waals surface area contributed by atoms with E-state index in [1.165, 1.54) is 0 Å². The number of nitrogens with zero attached hydrogens (tertiary/aromatic N) is 3. The highest BCUT2D eigenvalue weighted by Crippen LogP contribution is 2.16. The van der Waals surface area contributed by atoms with Crippen LogP contribution in [0.15, 0.2) is 30.6 Å². The van der Waals surface area contributed by atoms with Gasteiger partial charge in [-0.1, -0.05) is 6.07 Å². The average Bonchev–Trinajstić information content (AvgIpc) is 2.74. The zero-order chi connectivity index (χ0) is 11.5. The summed E-state index contributed by atoms with van der Waals surface area (Å²) in [7, 11) is 0. The first kappa shape index (κ1) is 10.4. The molecule has 0 aliphatic rings. The Morgan fingerprint density at radius 2 is 2.31 bits per heavy atom.